The molecule has 0 radical (unpaired) electrons. The van der Waals surface area contributed by atoms with E-state index in [4.69, 9.17) is 0 Å². The molecule has 3 fully saturated rings. The van der Waals surface area contributed by atoms with Gasteiger partial charge in [-0.05, 0) is 91.3 Å². The van der Waals surface area contributed by atoms with Crippen molar-refractivity contribution >= 4 is 0 Å². The quantitative estimate of drug-likeness (QED) is 0.525. The highest BCUT2D eigenvalue weighted by Gasteiger charge is 2.61. The number of rotatable bonds is 5. The van der Waals surface area contributed by atoms with Crippen LogP contribution in [0, 0.1) is 46.3 Å². The first-order valence-corrected chi connectivity index (χ1v) is 12.7. The van der Waals surface area contributed by atoms with Gasteiger partial charge in [0.05, 0.1) is 12.2 Å². The Morgan fingerprint density at radius 1 is 0.966 bits per heavy atom. The Labute approximate surface area is 179 Å². The maximum atomic E-state index is 11.3. The summed E-state index contributed by atoms with van der Waals surface area (Å²) in [6.45, 7) is 12.2. The molecule has 0 spiro atoms. The predicted molar refractivity (Wildman–Crippen MR) is 120 cm³/mol. The van der Waals surface area contributed by atoms with E-state index in [9.17, 15) is 10.2 Å². The number of aliphatic hydroxyl groups excluding tert-OH is 2. The summed E-state index contributed by atoms with van der Waals surface area (Å²) < 4.78 is 0. The standard InChI is InChI=1S/C27H46O2/c1-17(2)7-6-8-18(3)21-9-10-22-25-23(12-14-27(21,22)5)26(4)13-11-20(28)15-19(26)16-24(25)29/h16-18,20-25,28-29H,6-15H2,1-5H3/t18-,20-,21-,22+,23+,24+,25+,26-,27-/m0/s1. The minimum atomic E-state index is -0.298. The normalized spacial score (nSPS) is 47.9. The molecule has 166 valence electrons. The molecule has 2 nitrogen and oxygen atoms in total. The van der Waals surface area contributed by atoms with Gasteiger partial charge in [-0.2, -0.15) is 0 Å². The van der Waals surface area contributed by atoms with E-state index in [-0.39, 0.29) is 17.6 Å². The minimum Gasteiger partial charge on any atom is -0.393 e. The van der Waals surface area contributed by atoms with Crippen molar-refractivity contribution < 1.29 is 10.2 Å². The van der Waals surface area contributed by atoms with Crippen molar-refractivity contribution in [3.8, 4) is 0 Å². The van der Waals surface area contributed by atoms with E-state index in [1.54, 1.807) is 0 Å². The molecule has 4 aliphatic carbocycles. The second-order valence-electron chi connectivity index (χ2n) is 12.3. The van der Waals surface area contributed by atoms with Crippen LogP contribution in [0.2, 0.25) is 0 Å². The molecule has 2 heteroatoms. The lowest BCUT2D eigenvalue weighted by atomic mass is 9.46. The van der Waals surface area contributed by atoms with Crippen LogP contribution in [-0.2, 0) is 0 Å². The monoisotopic (exact) mass is 402 g/mol. The fraction of sp³-hybridized carbons (Fsp3) is 0.926. The molecule has 3 saturated carbocycles. The lowest BCUT2D eigenvalue weighted by Gasteiger charge is -2.59. The van der Waals surface area contributed by atoms with Crippen LogP contribution in [0.3, 0.4) is 0 Å². The van der Waals surface area contributed by atoms with Crippen LogP contribution in [0.1, 0.15) is 98.8 Å². The van der Waals surface area contributed by atoms with E-state index in [2.05, 4.69) is 40.7 Å². The van der Waals surface area contributed by atoms with Gasteiger partial charge in [0.15, 0.2) is 0 Å². The minimum absolute atomic E-state index is 0.200. The molecule has 0 aromatic rings. The maximum Gasteiger partial charge on any atom is 0.0757 e. The highest BCUT2D eigenvalue weighted by molar-refractivity contribution is 5.27. The van der Waals surface area contributed by atoms with E-state index >= 15 is 0 Å². The predicted octanol–water partition coefficient (Wildman–Crippen LogP) is 6.36. The van der Waals surface area contributed by atoms with Crippen molar-refractivity contribution in [2.24, 2.45) is 46.3 Å². The van der Waals surface area contributed by atoms with E-state index in [1.807, 2.05) is 0 Å². The first-order valence-electron chi connectivity index (χ1n) is 12.7. The number of aliphatic hydroxyl groups is 2. The summed E-state index contributed by atoms with van der Waals surface area (Å²) in [5.41, 5.74) is 1.99. The Morgan fingerprint density at radius 3 is 2.45 bits per heavy atom. The van der Waals surface area contributed by atoms with Crippen LogP contribution < -0.4 is 0 Å². The van der Waals surface area contributed by atoms with Crippen LogP contribution in [-0.4, -0.2) is 22.4 Å². The van der Waals surface area contributed by atoms with Gasteiger partial charge in [0.2, 0.25) is 0 Å². The third kappa shape index (κ3) is 3.65. The van der Waals surface area contributed by atoms with Crippen molar-refractivity contribution in [2.45, 2.75) is 111 Å². The van der Waals surface area contributed by atoms with Gasteiger partial charge in [-0.1, -0.05) is 65.5 Å². The summed E-state index contributed by atoms with van der Waals surface area (Å²) in [6.07, 6.45) is 13.9. The number of fused-ring (bicyclic) bond motifs is 5. The molecule has 9 atom stereocenters. The van der Waals surface area contributed by atoms with Gasteiger partial charge >= 0.3 is 0 Å². The zero-order valence-electron chi connectivity index (χ0n) is 19.7. The molecular weight excluding hydrogens is 356 g/mol. The fourth-order valence-electron chi connectivity index (χ4n) is 8.65. The Bertz CT molecular complexity index is 624. The number of hydrogen-bond donors (Lipinski definition) is 2. The molecule has 0 heterocycles. The SMILES string of the molecule is CC(C)CCC[C@H](C)[C@@H]1CC[C@@H]2[C@H]3[C@H](O)C=C4C[C@@H](O)CC[C@]4(C)[C@@H]3CC[C@]21C. The molecule has 0 amide bonds. The van der Waals surface area contributed by atoms with Gasteiger partial charge in [0.25, 0.3) is 0 Å². The first kappa shape index (κ1) is 21.9. The van der Waals surface area contributed by atoms with E-state index in [1.165, 1.54) is 50.5 Å². The molecule has 0 aliphatic heterocycles. The van der Waals surface area contributed by atoms with Gasteiger partial charge < -0.3 is 10.2 Å². The van der Waals surface area contributed by atoms with Crippen molar-refractivity contribution in [2.75, 3.05) is 0 Å². The van der Waals surface area contributed by atoms with Crippen LogP contribution in [0.25, 0.3) is 0 Å². The number of hydrogen-bond acceptors (Lipinski definition) is 2. The lowest BCUT2D eigenvalue weighted by Crippen LogP contribution is -2.54. The summed E-state index contributed by atoms with van der Waals surface area (Å²) in [4.78, 5) is 0. The lowest BCUT2D eigenvalue weighted by molar-refractivity contribution is -0.0970. The fourth-order valence-corrected chi connectivity index (χ4v) is 8.65. The van der Waals surface area contributed by atoms with Crippen molar-refractivity contribution in [3.05, 3.63) is 11.6 Å². The van der Waals surface area contributed by atoms with Crippen LogP contribution in [0.4, 0.5) is 0 Å². The summed E-state index contributed by atoms with van der Waals surface area (Å²) >= 11 is 0. The van der Waals surface area contributed by atoms with E-state index in [0.717, 1.165) is 37.0 Å². The van der Waals surface area contributed by atoms with Gasteiger partial charge in [-0.15, -0.1) is 0 Å². The third-order valence-electron chi connectivity index (χ3n) is 10.3. The molecule has 4 aliphatic rings. The Morgan fingerprint density at radius 2 is 1.72 bits per heavy atom. The Kier molecular flexibility index (Phi) is 6.01. The highest BCUT2D eigenvalue weighted by atomic mass is 16.3. The molecule has 0 bridgehead atoms. The Hall–Kier alpha value is -0.340. The Balaban J connectivity index is 1.54. The van der Waals surface area contributed by atoms with Gasteiger partial charge in [0.1, 0.15) is 0 Å². The molecule has 0 saturated heterocycles. The summed E-state index contributed by atoms with van der Waals surface area (Å²) in [6, 6.07) is 0. The average molecular weight is 403 g/mol. The molecule has 0 aromatic heterocycles. The molecular formula is C27H46O2. The molecule has 4 rings (SSSR count). The van der Waals surface area contributed by atoms with E-state index < -0.39 is 0 Å². The topological polar surface area (TPSA) is 40.5 Å². The first-order chi connectivity index (χ1) is 13.7. The molecule has 0 aromatic carbocycles. The van der Waals surface area contributed by atoms with Crippen LogP contribution in [0.15, 0.2) is 11.6 Å². The summed E-state index contributed by atoms with van der Waals surface area (Å²) in [7, 11) is 0. The highest BCUT2D eigenvalue weighted by Crippen LogP contribution is 2.67. The van der Waals surface area contributed by atoms with Crippen molar-refractivity contribution in [1.29, 1.82) is 0 Å². The van der Waals surface area contributed by atoms with E-state index in [0.29, 0.717) is 23.2 Å². The zero-order valence-corrected chi connectivity index (χ0v) is 19.7. The molecule has 0 unspecified atom stereocenters. The van der Waals surface area contributed by atoms with Crippen LogP contribution >= 0.6 is 0 Å². The third-order valence-corrected chi connectivity index (χ3v) is 10.3. The molecule has 2 N–H and O–H groups in total. The van der Waals surface area contributed by atoms with Crippen molar-refractivity contribution in [3.63, 3.8) is 0 Å². The molecule has 29 heavy (non-hydrogen) atoms. The largest absolute Gasteiger partial charge is 0.393 e. The average Bonchev–Trinajstić information content (AvgIpc) is 3.00. The maximum absolute atomic E-state index is 11.3. The second kappa shape index (κ2) is 7.97. The van der Waals surface area contributed by atoms with Crippen LogP contribution in [0.5, 0.6) is 0 Å². The van der Waals surface area contributed by atoms with Gasteiger partial charge in [-0.3, -0.25) is 0 Å². The summed E-state index contributed by atoms with van der Waals surface area (Å²) in [5.74, 6) is 4.18. The summed E-state index contributed by atoms with van der Waals surface area (Å²) in [5, 5.41) is 21.5. The van der Waals surface area contributed by atoms with Gasteiger partial charge in [0, 0.05) is 0 Å². The second-order valence-corrected chi connectivity index (χ2v) is 12.3. The van der Waals surface area contributed by atoms with Crippen molar-refractivity contribution in [1.82, 2.24) is 0 Å². The van der Waals surface area contributed by atoms with Gasteiger partial charge in [-0.25, -0.2) is 0 Å². The smallest absolute Gasteiger partial charge is 0.0757 e. The zero-order chi connectivity index (χ0) is 21.0.